The molecule has 0 fully saturated rings. The van der Waals surface area contributed by atoms with Crippen molar-refractivity contribution < 1.29 is 9.13 Å². The lowest BCUT2D eigenvalue weighted by atomic mass is 10.1. The first-order valence-corrected chi connectivity index (χ1v) is 6.78. The number of nitrogens with two attached hydrogens (primary N) is 1. The van der Waals surface area contributed by atoms with E-state index in [0.717, 1.165) is 22.4 Å². The van der Waals surface area contributed by atoms with Crippen LogP contribution < -0.4 is 10.5 Å². The predicted octanol–water partition coefficient (Wildman–Crippen LogP) is 4.39. The number of halogens is 2. The van der Waals surface area contributed by atoms with Crippen molar-refractivity contribution in [2.45, 2.75) is 26.5 Å². The number of hydrogen-bond acceptors (Lipinski definition) is 2. The number of rotatable bonds is 4. The highest BCUT2D eigenvalue weighted by atomic mass is 35.5. The van der Waals surface area contributed by atoms with Crippen LogP contribution in [-0.2, 0) is 6.61 Å². The van der Waals surface area contributed by atoms with Crippen LogP contribution in [0.2, 0.25) is 5.02 Å². The van der Waals surface area contributed by atoms with Gasteiger partial charge >= 0.3 is 0 Å². The molecule has 1 atom stereocenters. The van der Waals surface area contributed by atoms with Gasteiger partial charge in [0.25, 0.3) is 0 Å². The highest BCUT2D eigenvalue weighted by Gasteiger charge is 2.10. The fourth-order valence-corrected chi connectivity index (χ4v) is 2.17. The van der Waals surface area contributed by atoms with Crippen molar-refractivity contribution in [2.24, 2.45) is 5.73 Å². The Kier molecular flexibility index (Phi) is 4.63. The van der Waals surface area contributed by atoms with Gasteiger partial charge in [0.2, 0.25) is 0 Å². The quantitative estimate of drug-likeness (QED) is 0.907. The molecule has 0 amide bonds. The number of aryl methyl sites for hydroxylation is 1. The Hall–Kier alpha value is -1.58. The minimum Gasteiger partial charge on any atom is -0.489 e. The van der Waals surface area contributed by atoms with E-state index in [1.165, 1.54) is 12.1 Å². The van der Waals surface area contributed by atoms with Crippen LogP contribution in [0.1, 0.15) is 29.7 Å². The van der Waals surface area contributed by atoms with Crippen molar-refractivity contribution in [2.75, 3.05) is 0 Å². The molecule has 0 aliphatic rings. The molecule has 0 aliphatic carbocycles. The molecule has 0 bridgehead atoms. The van der Waals surface area contributed by atoms with Gasteiger partial charge in [-0.3, -0.25) is 0 Å². The van der Waals surface area contributed by atoms with Gasteiger partial charge in [0.1, 0.15) is 18.2 Å². The zero-order chi connectivity index (χ0) is 14.7. The Morgan fingerprint density at radius 2 is 2.00 bits per heavy atom. The minimum atomic E-state index is -0.356. The van der Waals surface area contributed by atoms with Gasteiger partial charge in [-0.05, 0) is 32.0 Å². The van der Waals surface area contributed by atoms with E-state index < -0.39 is 0 Å². The van der Waals surface area contributed by atoms with Crippen molar-refractivity contribution in [3.63, 3.8) is 0 Å². The molecular formula is C16H17ClFNO. The molecule has 2 aromatic carbocycles. The molecule has 2 rings (SSSR count). The molecule has 0 spiro atoms. The third kappa shape index (κ3) is 3.50. The summed E-state index contributed by atoms with van der Waals surface area (Å²) in [5.74, 6) is 0.372. The van der Waals surface area contributed by atoms with E-state index in [1.54, 1.807) is 6.07 Å². The van der Waals surface area contributed by atoms with E-state index in [9.17, 15) is 4.39 Å². The summed E-state index contributed by atoms with van der Waals surface area (Å²) in [6.45, 7) is 4.20. The first kappa shape index (κ1) is 14.8. The average Bonchev–Trinajstić information content (AvgIpc) is 2.38. The van der Waals surface area contributed by atoms with Crippen molar-refractivity contribution >= 4 is 11.6 Å². The molecule has 2 aromatic rings. The molecule has 0 aromatic heterocycles. The van der Waals surface area contributed by atoms with Gasteiger partial charge in [0.05, 0.1) is 5.02 Å². The third-order valence-corrected chi connectivity index (χ3v) is 3.41. The van der Waals surface area contributed by atoms with Crippen molar-refractivity contribution in [1.29, 1.82) is 0 Å². The summed E-state index contributed by atoms with van der Waals surface area (Å²) >= 11 is 5.98. The zero-order valence-electron chi connectivity index (χ0n) is 11.5. The summed E-state index contributed by atoms with van der Waals surface area (Å²) in [4.78, 5) is 0. The van der Waals surface area contributed by atoms with E-state index in [2.05, 4.69) is 0 Å². The Labute approximate surface area is 123 Å². The van der Waals surface area contributed by atoms with Crippen LogP contribution in [0, 0.1) is 12.7 Å². The molecule has 0 saturated carbocycles. The highest BCUT2D eigenvalue weighted by molar-refractivity contribution is 6.31. The number of benzene rings is 2. The highest BCUT2D eigenvalue weighted by Crippen LogP contribution is 2.27. The van der Waals surface area contributed by atoms with Crippen LogP contribution in [0.5, 0.6) is 5.75 Å². The molecule has 0 heterocycles. The van der Waals surface area contributed by atoms with E-state index in [-0.39, 0.29) is 18.5 Å². The van der Waals surface area contributed by atoms with Crippen LogP contribution in [0.15, 0.2) is 36.4 Å². The Bertz CT molecular complexity index is 613. The van der Waals surface area contributed by atoms with E-state index in [4.69, 9.17) is 22.1 Å². The largest absolute Gasteiger partial charge is 0.489 e. The van der Waals surface area contributed by atoms with Gasteiger partial charge in [0.15, 0.2) is 0 Å². The fourth-order valence-electron chi connectivity index (χ4n) is 1.95. The van der Waals surface area contributed by atoms with E-state index in [1.807, 2.05) is 32.0 Å². The lowest BCUT2D eigenvalue weighted by Gasteiger charge is -2.15. The van der Waals surface area contributed by atoms with Crippen LogP contribution in [0.3, 0.4) is 0 Å². The third-order valence-electron chi connectivity index (χ3n) is 3.05. The molecule has 2 nitrogen and oxygen atoms in total. The Morgan fingerprint density at radius 1 is 1.25 bits per heavy atom. The molecule has 0 radical (unpaired) electrons. The summed E-state index contributed by atoms with van der Waals surface area (Å²) in [6, 6.07) is 10.0. The molecule has 4 heteroatoms. The van der Waals surface area contributed by atoms with Gasteiger partial charge in [-0.1, -0.05) is 35.4 Å². The zero-order valence-corrected chi connectivity index (χ0v) is 12.2. The van der Waals surface area contributed by atoms with Crippen LogP contribution in [0.4, 0.5) is 4.39 Å². The van der Waals surface area contributed by atoms with Gasteiger partial charge in [-0.2, -0.15) is 0 Å². The second-order valence-corrected chi connectivity index (χ2v) is 5.26. The van der Waals surface area contributed by atoms with Crippen LogP contribution in [-0.4, -0.2) is 0 Å². The van der Waals surface area contributed by atoms with Gasteiger partial charge in [0, 0.05) is 17.2 Å². The standard InChI is InChI=1S/C16H17ClFNO/c1-10-3-6-16(14(7-10)11(2)19)20-9-12-4-5-13(18)8-15(12)17/h3-8,11H,9,19H2,1-2H3. The van der Waals surface area contributed by atoms with Crippen LogP contribution in [0.25, 0.3) is 0 Å². The van der Waals surface area contributed by atoms with Crippen molar-refractivity contribution in [3.8, 4) is 5.75 Å². The Balaban J connectivity index is 2.18. The SMILES string of the molecule is Cc1ccc(OCc2ccc(F)cc2Cl)c(C(C)N)c1. The molecule has 0 saturated heterocycles. The maximum Gasteiger partial charge on any atom is 0.124 e. The first-order chi connectivity index (χ1) is 9.47. The van der Waals surface area contributed by atoms with Gasteiger partial charge in [-0.15, -0.1) is 0 Å². The molecule has 0 aliphatic heterocycles. The second-order valence-electron chi connectivity index (χ2n) is 4.85. The minimum absolute atomic E-state index is 0.117. The summed E-state index contributed by atoms with van der Waals surface area (Å²) in [6.07, 6.45) is 0. The molecule has 106 valence electrons. The lowest BCUT2D eigenvalue weighted by Crippen LogP contribution is -2.08. The monoisotopic (exact) mass is 293 g/mol. The molecular weight excluding hydrogens is 277 g/mol. The summed E-state index contributed by atoms with van der Waals surface area (Å²) in [5.41, 5.74) is 8.76. The Morgan fingerprint density at radius 3 is 2.65 bits per heavy atom. The fraction of sp³-hybridized carbons (Fsp3) is 0.250. The summed E-state index contributed by atoms with van der Waals surface area (Å²) in [7, 11) is 0. The molecule has 20 heavy (non-hydrogen) atoms. The normalized spacial score (nSPS) is 12.2. The van der Waals surface area contributed by atoms with Gasteiger partial charge in [-0.25, -0.2) is 4.39 Å². The summed E-state index contributed by atoms with van der Waals surface area (Å²) in [5, 5.41) is 0.361. The molecule has 1 unspecified atom stereocenters. The first-order valence-electron chi connectivity index (χ1n) is 6.40. The van der Waals surface area contributed by atoms with Crippen molar-refractivity contribution in [1.82, 2.24) is 0 Å². The maximum absolute atomic E-state index is 13.0. The van der Waals surface area contributed by atoms with E-state index >= 15 is 0 Å². The average molecular weight is 294 g/mol. The number of ether oxygens (including phenoxy) is 1. The van der Waals surface area contributed by atoms with Crippen molar-refractivity contribution in [3.05, 3.63) is 63.9 Å². The van der Waals surface area contributed by atoms with Crippen LogP contribution >= 0.6 is 11.6 Å². The maximum atomic E-state index is 13.0. The second kappa shape index (κ2) is 6.25. The predicted molar refractivity (Wildman–Crippen MR) is 79.5 cm³/mol. The van der Waals surface area contributed by atoms with Gasteiger partial charge < -0.3 is 10.5 Å². The topological polar surface area (TPSA) is 35.2 Å². The number of hydrogen-bond donors (Lipinski definition) is 1. The van der Waals surface area contributed by atoms with E-state index in [0.29, 0.717) is 5.02 Å². The smallest absolute Gasteiger partial charge is 0.124 e. The lowest BCUT2D eigenvalue weighted by molar-refractivity contribution is 0.301. The summed E-state index contributed by atoms with van der Waals surface area (Å²) < 4.78 is 18.8. The molecule has 2 N–H and O–H groups in total.